The number of hydrogen-bond donors (Lipinski definition) is 2. The van der Waals surface area contributed by atoms with Gasteiger partial charge in [0.15, 0.2) is 5.65 Å². The molecule has 0 aromatic carbocycles. The van der Waals surface area contributed by atoms with Gasteiger partial charge in [-0.3, -0.25) is 0 Å². The summed E-state index contributed by atoms with van der Waals surface area (Å²) in [4.78, 5) is 15.5. The van der Waals surface area contributed by atoms with Crippen LogP contribution in [0, 0.1) is 19.3 Å². The molecule has 35 heavy (non-hydrogen) atoms. The Balaban J connectivity index is 1.49. The van der Waals surface area contributed by atoms with Crippen LogP contribution in [0.25, 0.3) is 27.8 Å². The van der Waals surface area contributed by atoms with Gasteiger partial charge in [-0.1, -0.05) is 34.6 Å². The minimum Gasteiger partial charge on any atom is -0.356 e. The number of fused-ring (bicyclic) bond motifs is 2. The van der Waals surface area contributed by atoms with E-state index in [1.807, 2.05) is 10.7 Å². The smallest absolute Gasteiger partial charge is 0.158 e. The van der Waals surface area contributed by atoms with Crippen molar-refractivity contribution in [3.8, 4) is 11.3 Å². The first-order valence-corrected chi connectivity index (χ1v) is 12.9. The first-order valence-electron chi connectivity index (χ1n) is 12.9. The number of H-pyrrole nitrogens is 1. The molecular weight excluding hydrogens is 434 g/mol. The molecule has 7 heteroatoms. The van der Waals surface area contributed by atoms with Gasteiger partial charge < -0.3 is 15.2 Å². The van der Waals surface area contributed by atoms with Crippen LogP contribution >= 0.6 is 0 Å². The van der Waals surface area contributed by atoms with E-state index in [0.29, 0.717) is 17.4 Å². The van der Waals surface area contributed by atoms with Gasteiger partial charge in [0.05, 0.1) is 17.4 Å². The summed E-state index contributed by atoms with van der Waals surface area (Å²) >= 11 is 0. The minimum absolute atomic E-state index is 0.316. The van der Waals surface area contributed by atoms with Gasteiger partial charge in [0.1, 0.15) is 12.1 Å². The number of aromatic nitrogens is 5. The fourth-order valence-corrected chi connectivity index (χ4v) is 5.47. The third-order valence-electron chi connectivity index (χ3n) is 7.23. The first-order chi connectivity index (χ1) is 16.6. The Morgan fingerprint density at radius 2 is 1.89 bits per heavy atom. The molecule has 2 N–H and O–H groups in total. The first kappa shape index (κ1) is 23.8. The van der Waals surface area contributed by atoms with Crippen LogP contribution in [0.15, 0.2) is 24.8 Å². The topological polar surface area (TPSA) is 74.1 Å². The lowest BCUT2D eigenvalue weighted by molar-refractivity contribution is 0.324. The van der Waals surface area contributed by atoms with E-state index in [1.54, 1.807) is 6.33 Å². The van der Waals surface area contributed by atoms with Gasteiger partial charge in [-0.25, -0.2) is 14.5 Å². The van der Waals surface area contributed by atoms with Crippen molar-refractivity contribution in [2.24, 2.45) is 5.41 Å². The van der Waals surface area contributed by atoms with Crippen LogP contribution in [0.3, 0.4) is 0 Å². The number of rotatable bonds is 5. The summed E-state index contributed by atoms with van der Waals surface area (Å²) in [5.41, 5.74) is 8.34. The number of pyridine rings is 2. The Hall–Kier alpha value is -2.93. The highest BCUT2D eigenvalue weighted by atomic mass is 15.3. The molecule has 1 aliphatic rings. The van der Waals surface area contributed by atoms with Crippen molar-refractivity contribution in [3.05, 3.63) is 41.5 Å². The van der Waals surface area contributed by atoms with Crippen molar-refractivity contribution in [2.45, 2.75) is 73.3 Å². The zero-order valence-electron chi connectivity index (χ0n) is 22.2. The Morgan fingerprint density at radius 3 is 2.57 bits per heavy atom. The Kier molecular flexibility index (Phi) is 6.08. The van der Waals surface area contributed by atoms with Gasteiger partial charge in [-0.15, -0.1) is 0 Å². The molecule has 0 radical (unpaired) electrons. The van der Waals surface area contributed by atoms with Crippen molar-refractivity contribution in [1.82, 2.24) is 29.9 Å². The number of hydrogen-bond acceptors (Lipinski definition) is 5. The van der Waals surface area contributed by atoms with Crippen LogP contribution in [0.4, 0.5) is 5.82 Å². The van der Waals surface area contributed by atoms with Crippen LogP contribution in [-0.2, 0) is 0 Å². The lowest BCUT2D eigenvalue weighted by Crippen LogP contribution is -2.45. The molecule has 186 valence electrons. The molecular formula is C28H39N7. The zero-order valence-corrected chi connectivity index (χ0v) is 22.2. The maximum Gasteiger partial charge on any atom is 0.158 e. The Morgan fingerprint density at radius 1 is 1.14 bits per heavy atom. The van der Waals surface area contributed by atoms with Crippen molar-refractivity contribution < 1.29 is 0 Å². The molecule has 1 fully saturated rings. The normalized spacial score (nSPS) is 15.7. The van der Waals surface area contributed by atoms with Gasteiger partial charge in [-0.05, 0) is 55.2 Å². The van der Waals surface area contributed by atoms with Crippen molar-refractivity contribution in [2.75, 3.05) is 24.5 Å². The number of anilines is 1. The average molecular weight is 474 g/mol. The average Bonchev–Trinajstić information content (AvgIpc) is 3.43. The van der Waals surface area contributed by atoms with Crippen LogP contribution in [0.1, 0.15) is 70.1 Å². The predicted molar refractivity (Wildman–Crippen MR) is 144 cm³/mol. The summed E-state index contributed by atoms with van der Waals surface area (Å²) in [5.74, 6) is 1.49. The predicted octanol–water partition coefficient (Wildman–Crippen LogP) is 5.62. The minimum atomic E-state index is 0.316. The Bertz CT molecular complexity index is 1350. The summed E-state index contributed by atoms with van der Waals surface area (Å²) in [6, 6.07) is 2.80. The number of nitrogens with one attached hydrogen (secondary N) is 2. The van der Waals surface area contributed by atoms with Crippen LogP contribution in [0.2, 0.25) is 0 Å². The molecule has 1 aliphatic heterocycles. The van der Waals surface area contributed by atoms with E-state index in [4.69, 9.17) is 4.98 Å². The molecule has 4 aromatic heterocycles. The molecule has 0 bridgehead atoms. The zero-order chi connectivity index (χ0) is 24.9. The van der Waals surface area contributed by atoms with E-state index in [9.17, 15) is 0 Å². The van der Waals surface area contributed by atoms with E-state index >= 15 is 0 Å². The molecule has 4 aromatic rings. The van der Waals surface area contributed by atoms with E-state index in [1.165, 1.54) is 16.5 Å². The maximum absolute atomic E-state index is 4.95. The molecule has 5 rings (SSSR count). The standard InChI is InChI=1S/C28H39N7/c1-17(2)23-24-19(4)27(34-10-8-21(9-11-34)30-15-28(5,6)7)29-13-22(24)33-25(23)20-12-18(3)26-31-16-32-35(26)14-20/h12-14,16-17,21,30,33H,8-11,15H2,1-7H3. The van der Waals surface area contributed by atoms with Crippen LogP contribution < -0.4 is 10.2 Å². The van der Waals surface area contributed by atoms with Gasteiger partial charge in [0.2, 0.25) is 0 Å². The van der Waals surface area contributed by atoms with Gasteiger partial charge in [-0.2, -0.15) is 5.10 Å². The largest absolute Gasteiger partial charge is 0.356 e. The number of aromatic amines is 1. The summed E-state index contributed by atoms with van der Waals surface area (Å²) in [5, 5.41) is 9.47. The van der Waals surface area contributed by atoms with Crippen molar-refractivity contribution >= 4 is 22.4 Å². The van der Waals surface area contributed by atoms with Crippen molar-refractivity contribution in [1.29, 1.82) is 0 Å². The fourth-order valence-electron chi connectivity index (χ4n) is 5.47. The summed E-state index contributed by atoms with van der Waals surface area (Å²) in [6.45, 7) is 18.9. The second-order valence-corrected chi connectivity index (χ2v) is 11.7. The lowest BCUT2D eigenvalue weighted by Gasteiger charge is -2.35. The van der Waals surface area contributed by atoms with Crippen molar-refractivity contribution in [3.63, 3.8) is 0 Å². The molecule has 0 saturated carbocycles. The summed E-state index contributed by atoms with van der Waals surface area (Å²) in [6.07, 6.45) is 8.02. The molecule has 0 atom stereocenters. The number of aryl methyl sites for hydroxylation is 2. The summed E-state index contributed by atoms with van der Waals surface area (Å²) in [7, 11) is 0. The molecule has 5 heterocycles. The third kappa shape index (κ3) is 4.54. The molecule has 7 nitrogen and oxygen atoms in total. The number of nitrogens with zero attached hydrogens (tertiary/aromatic N) is 5. The van der Waals surface area contributed by atoms with E-state index in [-0.39, 0.29) is 0 Å². The van der Waals surface area contributed by atoms with E-state index in [0.717, 1.165) is 66.3 Å². The fraction of sp³-hybridized carbons (Fsp3) is 0.536. The maximum atomic E-state index is 4.95. The van der Waals surface area contributed by atoms with Crippen LogP contribution in [-0.4, -0.2) is 50.2 Å². The van der Waals surface area contributed by atoms with Crippen LogP contribution in [0.5, 0.6) is 0 Å². The highest BCUT2D eigenvalue weighted by molar-refractivity contribution is 5.95. The van der Waals surface area contributed by atoms with Gasteiger partial charge in [0, 0.05) is 48.4 Å². The summed E-state index contributed by atoms with van der Waals surface area (Å²) < 4.78 is 1.87. The molecule has 0 aliphatic carbocycles. The Labute approximate surface area is 208 Å². The SMILES string of the molecule is Cc1c(N2CCC(NCC(C)(C)C)CC2)ncc2[nH]c(-c3cc(C)c4ncnn4c3)c(C(C)C)c12. The van der Waals surface area contributed by atoms with Gasteiger partial charge >= 0.3 is 0 Å². The molecule has 0 unspecified atom stereocenters. The molecule has 0 spiro atoms. The third-order valence-corrected chi connectivity index (χ3v) is 7.23. The van der Waals surface area contributed by atoms with E-state index in [2.05, 4.69) is 86.0 Å². The lowest BCUT2D eigenvalue weighted by atomic mass is 9.94. The van der Waals surface area contributed by atoms with E-state index < -0.39 is 0 Å². The second kappa shape index (κ2) is 8.94. The molecule has 0 amide bonds. The second-order valence-electron chi connectivity index (χ2n) is 11.7. The highest BCUT2D eigenvalue weighted by Crippen LogP contribution is 2.39. The highest BCUT2D eigenvalue weighted by Gasteiger charge is 2.25. The molecule has 1 saturated heterocycles. The quantitative estimate of drug-likeness (QED) is 0.394. The number of piperidine rings is 1. The van der Waals surface area contributed by atoms with Gasteiger partial charge in [0.25, 0.3) is 0 Å². The monoisotopic (exact) mass is 473 g/mol.